The van der Waals surface area contributed by atoms with E-state index in [-0.39, 0.29) is 29.3 Å². The number of ketones is 1. The highest BCUT2D eigenvalue weighted by Crippen LogP contribution is 2.28. The van der Waals surface area contributed by atoms with E-state index < -0.39 is 0 Å². The summed E-state index contributed by atoms with van der Waals surface area (Å²) >= 11 is 0. The number of β-amino-alcohol motifs (C(OH)–C–C–N with tert-alkyl or cyclic N) is 1. The highest BCUT2D eigenvalue weighted by Gasteiger charge is 2.20. The summed E-state index contributed by atoms with van der Waals surface area (Å²) in [6.45, 7) is 5.95. The van der Waals surface area contributed by atoms with Crippen LogP contribution in [0.2, 0.25) is 0 Å². The topological polar surface area (TPSA) is 110 Å². The average molecular weight is 361 g/mol. The fraction of sp³-hybridized carbons (Fsp3) is 0.444. The lowest BCUT2D eigenvalue weighted by molar-refractivity contribution is 0.101. The number of piperazine rings is 1. The van der Waals surface area contributed by atoms with Gasteiger partial charge in [0.15, 0.2) is 5.78 Å². The molecule has 1 aliphatic rings. The quantitative estimate of drug-likeness (QED) is 0.409. The number of fused-ring (bicyclic) bond motifs is 1. The first kappa shape index (κ1) is 18.4. The van der Waals surface area contributed by atoms with Crippen LogP contribution in [0.3, 0.4) is 0 Å². The number of carbonyl (C=O) groups is 1. The molecule has 0 amide bonds. The van der Waals surface area contributed by atoms with E-state index in [4.69, 9.17) is 14.7 Å². The molecule has 1 saturated heterocycles. The molecule has 1 fully saturated rings. The predicted octanol–water partition coefficient (Wildman–Crippen LogP) is 0.741. The van der Waals surface area contributed by atoms with Crippen LogP contribution in [0.1, 0.15) is 22.8 Å². The van der Waals surface area contributed by atoms with Crippen LogP contribution in [0.25, 0.3) is 11.0 Å². The van der Waals surface area contributed by atoms with Crippen LogP contribution in [0.4, 0.5) is 0 Å². The van der Waals surface area contributed by atoms with Crippen LogP contribution >= 0.6 is 0 Å². The first-order valence-electron chi connectivity index (χ1n) is 8.56. The number of phenols is 1. The molecule has 3 rings (SSSR count). The summed E-state index contributed by atoms with van der Waals surface area (Å²) in [7, 11) is 0. The SMILES string of the molecule is CC(=O)c1cc2ccc(O)c(CN3CCN(CCO)CC3)c2oc1=NO. The van der Waals surface area contributed by atoms with Gasteiger partial charge < -0.3 is 19.8 Å². The zero-order valence-corrected chi connectivity index (χ0v) is 14.7. The van der Waals surface area contributed by atoms with Gasteiger partial charge in [0.05, 0.1) is 17.7 Å². The smallest absolute Gasteiger partial charge is 0.266 e. The van der Waals surface area contributed by atoms with Crippen molar-refractivity contribution in [2.24, 2.45) is 5.16 Å². The molecule has 0 bridgehead atoms. The van der Waals surface area contributed by atoms with Gasteiger partial charge in [0, 0.05) is 44.7 Å². The standard InChI is InChI=1S/C18H23N3O5/c1-12(23)14-10-13-2-3-16(24)15(17(13)26-18(14)19-25)11-21-6-4-20(5-7-21)8-9-22/h2-3,10,22,24-25H,4-9,11H2,1H3. The Balaban J connectivity index is 1.93. The summed E-state index contributed by atoms with van der Waals surface area (Å²) in [6, 6.07) is 4.86. The van der Waals surface area contributed by atoms with E-state index in [2.05, 4.69) is 15.0 Å². The van der Waals surface area contributed by atoms with Crippen LogP contribution in [-0.4, -0.2) is 70.3 Å². The Labute approximate surface area is 150 Å². The van der Waals surface area contributed by atoms with Crippen molar-refractivity contribution in [1.29, 1.82) is 0 Å². The molecule has 0 unspecified atom stereocenters. The number of nitrogens with zero attached hydrogens (tertiary/aromatic N) is 3. The van der Waals surface area contributed by atoms with Crippen LogP contribution in [0, 0.1) is 0 Å². The maximum absolute atomic E-state index is 11.7. The molecular weight excluding hydrogens is 338 g/mol. The molecule has 0 saturated carbocycles. The summed E-state index contributed by atoms with van der Waals surface area (Å²) in [5, 5.41) is 32.3. The van der Waals surface area contributed by atoms with Crippen LogP contribution in [0.5, 0.6) is 5.75 Å². The Morgan fingerprint density at radius 3 is 2.54 bits per heavy atom. The van der Waals surface area contributed by atoms with Gasteiger partial charge in [-0.3, -0.25) is 14.6 Å². The van der Waals surface area contributed by atoms with Gasteiger partial charge in [-0.2, -0.15) is 0 Å². The summed E-state index contributed by atoms with van der Waals surface area (Å²) in [5.41, 5.74) is 1.03. The molecule has 1 aliphatic heterocycles. The van der Waals surface area contributed by atoms with Crippen LogP contribution in [-0.2, 0) is 6.54 Å². The molecule has 2 heterocycles. The van der Waals surface area contributed by atoms with Gasteiger partial charge in [-0.15, -0.1) is 0 Å². The highest BCUT2D eigenvalue weighted by molar-refractivity contribution is 5.97. The summed E-state index contributed by atoms with van der Waals surface area (Å²) in [5.74, 6) is -0.170. The molecule has 140 valence electrons. The number of Topliss-reactive ketones (excluding diaryl/α,β-unsaturated/α-hetero) is 1. The number of hydrogen-bond donors (Lipinski definition) is 3. The Hall–Kier alpha value is -2.42. The molecule has 3 N–H and O–H groups in total. The molecular formula is C18H23N3O5. The van der Waals surface area contributed by atoms with Gasteiger partial charge in [-0.05, 0) is 30.3 Å². The molecule has 1 aromatic heterocycles. The van der Waals surface area contributed by atoms with Gasteiger partial charge in [0.2, 0.25) is 0 Å². The Morgan fingerprint density at radius 1 is 1.23 bits per heavy atom. The minimum Gasteiger partial charge on any atom is -0.507 e. The van der Waals surface area contributed by atoms with Gasteiger partial charge in [-0.1, -0.05) is 0 Å². The lowest BCUT2D eigenvalue weighted by Gasteiger charge is -2.34. The van der Waals surface area contributed by atoms with E-state index in [9.17, 15) is 9.90 Å². The van der Waals surface area contributed by atoms with Crippen molar-refractivity contribution in [3.05, 3.63) is 34.9 Å². The molecule has 0 radical (unpaired) electrons. The molecule has 26 heavy (non-hydrogen) atoms. The van der Waals surface area contributed by atoms with Crippen molar-refractivity contribution in [1.82, 2.24) is 9.80 Å². The second-order valence-corrected chi connectivity index (χ2v) is 6.44. The average Bonchev–Trinajstić information content (AvgIpc) is 2.64. The van der Waals surface area contributed by atoms with Crippen molar-refractivity contribution in [2.45, 2.75) is 13.5 Å². The van der Waals surface area contributed by atoms with Gasteiger partial charge in [0.1, 0.15) is 11.3 Å². The first-order valence-corrected chi connectivity index (χ1v) is 8.56. The fourth-order valence-electron chi connectivity index (χ4n) is 3.25. The lowest BCUT2D eigenvalue weighted by atomic mass is 10.1. The fourth-order valence-corrected chi connectivity index (χ4v) is 3.25. The number of hydrogen-bond acceptors (Lipinski definition) is 8. The van der Waals surface area contributed by atoms with E-state index in [1.165, 1.54) is 6.92 Å². The number of aliphatic hydroxyl groups is 1. The van der Waals surface area contributed by atoms with Crippen LogP contribution < -0.4 is 5.55 Å². The van der Waals surface area contributed by atoms with Gasteiger partial charge in [-0.25, -0.2) is 0 Å². The number of rotatable bonds is 5. The Bertz CT molecular complexity index is 869. The third-order valence-electron chi connectivity index (χ3n) is 4.73. The van der Waals surface area contributed by atoms with E-state index in [0.717, 1.165) is 26.2 Å². The van der Waals surface area contributed by atoms with Crippen molar-refractivity contribution in [2.75, 3.05) is 39.3 Å². The number of aliphatic hydroxyl groups excluding tert-OH is 1. The van der Waals surface area contributed by atoms with Crippen molar-refractivity contribution in [3.8, 4) is 5.75 Å². The second kappa shape index (κ2) is 7.86. The summed E-state index contributed by atoms with van der Waals surface area (Å²) < 4.78 is 5.65. The van der Waals surface area contributed by atoms with Crippen molar-refractivity contribution in [3.63, 3.8) is 0 Å². The summed E-state index contributed by atoms with van der Waals surface area (Å²) in [6.07, 6.45) is 0. The Kier molecular flexibility index (Phi) is 5.55. The largest absolute Gasteiger partial charge is 0.507 e. The third kappa shape index (κ3) is 3.72. The lowest BCUT2D eigenvalue weighted by Crippen LogP contribution is -2.46. The Morgan fingerprint density at radius 2 is 1.92 bits per heavy atom. The molecule has 0 atom stereocenters. The number of aromatic hydroxyl groups is 1. The predicted molar refractivity (Wildman–Crippen MR) is 94.0 cm³/mol. The van der Waals surface area contributed by atoms with E-state index in [1.54, 1.807) is 18.2 Å². The third-order valence-corrected chi connectivity index (χ3v) is 4.73. The molecule has 8 nitrogen and oxygen atoms in total. The molecule has 2 aromatic rings. The summed E-state index contributed by atoms with van der Waals surface area (Å²) in [4.78, 5) is 16.1. The van der Waals surface area contributed by atoms with E-state index >= 15 is 0 Å². The zero-order valence-electron chi connectivity index (χ0n) is 14.7. The van der Waals surface area contributed by atoms with Crippen molar-refractivity contribution < 1.29 is 24.6 Å². The van der Waals surface area contributed by atoms with Crippen LogP contribution in [0.15, 0.2) is 27.8 Å². The van der Waals surface area contributed by atoms with Gasteiger partial charge in [0.25, 0.3) is 5.55 Å². The molecule has 1 aromatic carbocycles. The first-order chi connectivity index (χ1) is 12.5. The minimum absolute atomic E-state index is 0.0958. The normalized spacial score (nSPS) is 17.1. The number of benzene rings is 1. The molecule has 8 heteroatoms. The zero-order chi connectivity index (χ0) is 18.7. The molecule has 0 spiro atoms. The highest BCUT2D eigenvalue weighted by atomic mass is 16.5. The van der Waals surface area contributed by atoms with Gasteiger partial charge >= 0.3 is 0 Å². The maximum atomic E-state index is 11.7. The van der Waals surface area contributed by atoms with Crippen molar-refractivity contribution >= 4 is 16.8 Å². The molecule has 0 aliphatic carbocycles. The van der Waals surface area contributed by atoms with E-state index in [0.29, 0.717) is 29.6 Å². The second-order valence-electron chi connectivity index (χ2n) is 6.44. The monoisotopic (exact) mass is 361 g/mol. The number of carbonyl (C=O) groups excluding carboxylic acids is 1. The minimum atomic E-state index is -0.266. The number of phenolic OH excluding ortho intramolecular Hbond substituents is 1. The van der Waals surface area contributed by atoms with E-state index in [1.807, 2.05) is 0 Å². The maximum Gasteiger partial charge on any atom is 0.266 e.